The largest absolute Gasteiger partial charge is 0.390 e. The van der Waals surface area contributed by atoms with E-state index in [1.807, 2.05) is 6.92 Å². The van der Waals surface area contributed by atoms with Crippen LogP contribution in [0.5, 0.6) is 0 Å². The first-order chi connectivity index (χ1) is 4.60. The number of hydrogen-bond donors (Lipinski definition) is 1. The molecule has 0 aliphatic heterocycles. The molecule has 3 nitrogen and oxygen atoms in total. The lowest BCUT2D eigenvalue weighted by Crippen LogP contribution is -2.32. The van der Waals surface area contributed by atoms with Crippen molar-refractivity contribution in [3.63, 3.8) is 0 Å². The average molecular weight is 210 g/mol. The minimum atomic E-state index is -0.970. The second-order valence-corrected chi connectivity index (χ2v) is 3.56. The Kier molecular flexibility index (Phi) is 4.05. The zero-order valence-electron chi connectivity index (χ0n) is 6.17. The second-order valence-electron chi connectivity index (χ2n) is 2.19. The summed E-state index contributed by atoms with van der Waals surface area (Å²) in [6.07, 6.45) is 0.353. The molecule has 10 heavy (non-hydrogen) atoms. The lowest BCUT2D eigenvalue weighted by molar-refractivity contribution is 0.127. The monoisotopic (exact) mass is 209 g/mol. The molecule has 0 radical (unpaired) electrons. The van der Waals surface area contributed by atoms with Crippen LogP contribution in [0.2, 0.25) is 0 Å². The van der Waals surface area contributed by atoms with Crippen LogP contribution in [-0.2, 0) is 0 Å². The Morgan fingerprint density at radius 3 is 2.30 bits per heavy atom. The first-order valence-electron chi connectivity index (χ1n) is 3.32. The fourth-order valence-corrected chi connectivity index (χ4v) is 0.998. The molecule has 0 amide bonds. The van der Waals surface area contributed by atoms with Gasteiger partial charge in [-0.15, -0.1) is 4.91 Å². The summed E-state index contributed by atoms with van der Waals surface area (Å²) in [4.78, 5) is 10.2. The summed E-state index contributed by atoms with van der Waals surface area (Å²) >= 11 is 3.08. The van der Waals surface area contributed by atoms with Gasteiger partial charge >= 0.3 is 0 Å². The molecule has 0 spiro atoms. The summed E-state index contributed by atoms with van der Waals surface area (Å²) < 4.78 is -0.970. The maximum absolute atomic E-state index is 10.2. The molecular weight excluding hydrogens is 198 g/mol. The van der Waals surface area contributed by atoms with Crippen molar-refractivity contribution in [2.75, 3.05) is 0 Å². The summed E-state index contributed by atoms with van der Waals surface area (Å²) in [5, 5.41) is 12.1. The van der Waals surface area contributed by atoms with Gasteiger partial charge in [-0.25, -0.2) is 0 Å². The first-order valence-corrected chi connectivity index (χ1v) is 4.11. The minimum Gasteiger partial charge on any atom is -0.390 e. The highest BCUT2D eigenvalue weighted by atomic mass is 79.9. The van der Waals surface area contributed by atoms with Gasteiger partial charge in [0, 0.05) is 0 Å². The van der Waals surface area contributed by atoms with Crippen molar-refractivity contribution in [3.05, 3.63) is 4.91 Å². The lowest BCUT2D eigenvalue weighted by atomic mass is 10.1. The fourth-order valence-electron chi connectivity index (χ4n) is 0.674. The molecule has 0 fully saturated rings. The van der Waals surface area contributed by atoms with Gasteiger partial charge in [0.05, 0.1) is 6.10 Å². The standard InChI is InChI=1S/C6H12BrNO2/c1-3-5(9)6(7,4-2)8-10/h5,9H,3-4H2,1-2H3. The normalized spacial score (nSPS) is 19.6. The highest BCUT2D eigenvalue weighted by molar-refractivity contribution is 9.10. The van der Waals surface area contributed by atoms with Crippen molar-refractivity contribution in [2.45, 2.75) is 37.2 Å². The van der Waals surface area contributed by atoms with Gasteiger partial charge < -0.3 is 5.11 Å². The molecule has 0 aromatic carbocycles. The van der Waals surface area contributed by atoms with E-state index in [0.717, 1.165) is 0 Å². The van der Waals surface area contributed by atoms with Crippen LogP contribution in [0.3, 0.4) is 0 Å². The third-order valence-electron chi connectivity index (χ3n) is 1.54. The van der Waals surface area contributed by atoms with Gasteiger partial charge in [0.2, 0.25) is 0 Å². The highest BCUT2D eigenvalue weighted by Crippen LogP contribution is 2.29. The molecule has 2 unspecified atom stereocenters. The fraction of sp³-hybridized carbons (Fsp3) is 1.00. The van der Waals surface area contributed by atoms with Crippen molar-refractivity contribution in [3.8, 4) is 0 Å². The Hall–Kier alpha value is 0.0400. The van der Waals surface area contributed by atoms with Gasteiger partial charge in [0.15, 0.2) is 4.45 Å². The zero-order valence-corrected chi connectivity index (χ0v) is 7.76. The van der Waals surface area contributed by atoms with E-state index in [9.17, 15) is 10.0 Å². The molecule has 1 N–H and O–H groups in total. The maximum Gasteiger partial charge on any atom is 0.182 e. The van der Waals surface area contributed by atoms with Crippen LogP contribution in [0, 0.1) is 4.91 Å². The van der Waals surface area contributed by atoms with Gasteiger partial charge in [0.1, 0.15) is 0 Å². The number of hydrogen-bond acceptors (Lipinski definition) is 3. The molecule has 0 saturated carbocycles. The SMILES string of the molecule is CCC(O)C(Br)(CC)N=O. The molecule has 60 valence electrons. The van der Waals surface area contributed by atoms with Crippen molar-refractivity contribution < 1.29 is 5.11 Å². The topological polar surface area (TPSA) is 49.7 Å². The predicted octanol–water partition coefficient (Wildman–Crippen LogP) is 2.02. The van der Waals surface area contributed by atoms with E-state index in [0.29, 0.717) is 12.8 Å². The Balaban J connectivity index is 4.16. The quantitative estimate of drug-likeness (QED) is 0.438. The predicted molar refractivity (Wildman–Crippen MR) is 44.0 cm³/mol. The molecule has 0 bridgehead atoms. The van der Waals surface area contributed by atoms with Crippen molar-refractivity contribution in [1.29, 1.82) is 0 Å². The first kappa shape index (κ1) is 10.0. The van der Waals surface area contributed by atoms with Crippen LogP contribution in [0.25, 0.3) is 0 Å². The van der Waals surface area contributed by atoms with Gasteiger partial charge in [-0.1, -0.05) is 29.8 Å². The van der Waals surface area contributed by atoms with Crippen LogP contribution < -0.4 is 0 Å². The van der Waals surface area contributed by atoms with Crippen LogP contribution >= 0.6 is 15.9 Å². The Labute approximate surface area is 68.9 Å². The van der Waals surface area contributed by atoms with E-state index in [4.69, 9.17) is 0 Å². The Morgan fingerprint density at radius 1 is 1.70 bits per heavy atom. The van der Waals surface area contributed by atoms with Gasteiger partial charge in [-0.3, -0.25) is 0 Å². The molecular formula is C6H12BrNO2. The number of alkyl halides is 1. The van der Waals surface area contributed by atoms with E-state index in [2.05, 4.69) is 21.1 Å². The van der Waals surface area contributed by atoms with Crippen LogP contribution in [-0.4, -0.2) is 15.7 Å². The molecule has 0 aliphatic carbocycles. The van der Waals surface area contributed by atoms with E-state index in [1.54, 1.807) is 6.92 Å². The summed E-state index contributed by atoms with van der Waals surface area (Å²) in [5.74, 6) is 0. The number of nitrogens with zero attached hydrogens (tertiary/aromatic N) is 1. The van der Waals surface area contributed by atoms with Gasteiger partial charge in [0.25, 0.3) is 0 Å². The summed E-state index contributed by atoms with van der Waals surface area (Å²) in [6.45, 7) is 3.61. The van der Waals surface area contributed by atoms with Crippen molar-refractivity contribution >= 4 is 15.9 Å². The minimum absolute atomic E-state index is 0.505. The number of aliphatic hydroxyl groups excluding tert-OH is 1. The number of rotatable bonds is 4. The highest BCUT2D eigenvalue weighted by Gasteiger charge is 2.33. The average Bonchev–Trinajstić information content (AvgIpc) is 2.01. The number of nitroso groups, excluding NO2 is 1. The lowest BCUT2D eigenvalue weighted by Gasteiger charge is -2.22. The van der Waals surface area contributed by atoms with Gasteiger partial charge in [-0.2, -0.15) is 0 Å². The molecule has 0 aromatic rings. The van der Waals surface area contributed by atoms with Crippen LogP contribution in [0.4, 0.5) is 0 Å². The Bertz CT molecular complexity index is 120. The van der Waals surface area contributed by atoms with Crippen LogP contribution in [0.15, 0.2) is 5.18 Å². The molecule has 2 atom stereocenters. The molecule has 0 aliphatic rings. The third kappa shape index (κ3) is 2.02. The Morgan fingerprint density at radius 2 is 2.20 bits per heavy atom. The molecule has 0 saturated heterocycles. The third-order valence-corrected chi connectivity index (χ3v) is 2.78. The van der Waals surface area contributed by atoms with E-state index in [1.165, 1.54) is 0 Å². The van der Waals surface area contributed by atoms with Crippen molar-refractivity contribution in [1.82, 2.24) is 0 Å². The van der Waals surface area contributed by atoms with Gasteiger partial charge in [-0.05, 0) is 18.0 Å². The summed E-state index contributed by atoms with van der Waals surface area (Å²) in [6, 6.07) is 0. The smallest absolute Gasteiger partial charge is 0.182 e. The molecule has 0 heterocycles. The molecule has 0 rings (SSSR count). The molecule has 0 aromatic heterocycles. The van der Waals surface area contributed by atoms with Crippen molar-refractivity contribution in [2.24, 2.45) is 5.18 Å². The molecule has 4 heteroatoms. The second kappa shape index (κ2) is 4.03. The maximum atomic E-state index is 10.2. The van der Waals surface area contributed by atoms with E-state index in [-0.39, 0.29) is 0 Å². The summed E-state index contributed by atoms with van der Waals surface area (Å²) in [7, 11) is 0. The van der Waals surface area contributed by atoms with Crippen LogP contribution in [0.1, 0.15) is 26.7 Å². The zero-order chi connectivity index (χ0) is 8.20. The summed E-state index contributed by atoms with van der Waals surface area (Å²) in [5.41, 5.74) is 0. The van der Waals surface area contributed by atoms with E-state index >= 15 is 0 Å². The number of aliphatic hydroxyl groups is 1. The number of halogens is 1. The van der Waals surface area contributed by atoms with E-state index < -0.39 is 10.6 Å².